The van der Waals surface area contributed by atoms with E-state index in [-0.39, 0.29) is 10.7 Å². The number of rotatable bonds is 4. The average molecular weight is 234 g/mol. The molecule has 1 N–H and O–H groups in total. The third-order valence-electron chi connectivity index (χ3n) is 2.10. The molecule has 0 spiro atoms. The van der Waals surface area contributed by atoms with Crippen LogP contribution in [0, 0.1) is 11.8 Å². The topological polar surface area (TPSA) is 29.1 Å². The molecule has 1 unspecified atom stereocenters. The van der Waals surface area contributed by atoms with Gasteiger partial charge in [-0.05, 0) is 24.7 Å². The lowest BCUT2D eigenvalue weighted by Gasteiger charge is -2.13. The van der Waals surface area contributed by atoms with Gasteiger partial charge in [0.05, 0.1) is 4.83 Å². The first-order valence-electron chi connectivity index (χ1n) is 4.53. The Kier molecular flexibility index (Phi) is 3.56. The van der Waals surface area contributed by atoms with E-state index in [1.165, 1.54) is 12.8 Å². The summed E-state index contributed by atoms with van der Waals surface area (Å²) < 4.78 is 0. The standard InChI is InChI=1S/C9H16BrNO/c1-6(2)8(10)9(12)11-5-7-3-4-7/h6-8H,3-5H2,1-2H3,(H,11,12). The van der Waals surface area contributed by atoms with Gasteiger partial charge >= 0.3 is 0 Å². The van der Waals surface area contributed by atoms with Gasteiger partial charge in [-0.1, -0.05) is 29.8 Å². The number of hydrogen-bond acceptors (Lipinski definition) is 1. The Morgan fingerprint density at radius 3 is 2.58 bits per heavy atom. The normalized spacial score (nSPS) is 19.3. The lowest BCUT2D eigenvalue weighted by Crippen LogP contribution is -2.35. The van der Waals surface area contributed by atoms with Crippen LogP contribution in [0.4, 0.5) is 0 Å². The molecule has 70 valence electrons. The second-order valence-electron chi connectivity index (χ2n) is 3.83. The van der Waals surface area contributed by atoms with E-state index >= 15 is 0 Å². The minimum Gasteiger partial charge on any atom is -0.355 e. The largest absolute Gasteiger partial charge is 0.355 e. The molecule has 1 saturated carbocycles. The smallest absolute Gasteiger partial charge is 0.234 e. The van der Waals surface area contributed by atoms with E-state index < -0.39 is 0 Å². The minimum absolute atomic E-state index is 0.0312. The average Bonchev–Trinajstić information content (AvgIpc) is 2.81. The van der Waals surface area contributed by atoms with Crippen LogP contribution in [0.3, 0.4) is 0 Å². The molecule has 0 aromatic carbocycles. The molecule has 0 bridgehead atoms. The highest BCUT2D eigenvalue weighted by molar-refractivity contribution is 9.10. The summed E-state index contributed by atoms with van der Waals surface area (Å²) >= 11 is 3.37. The molecule has 12 heavy (non-hydrogen) atoms. The van der Waals surface area contributed by atoms with Crippen LogP contribution in [0.15, 0.2) is 0 Å². The van der Waals surface area contributed by atoms with Crippen molar-refractivity contribution >= 4 is 21.8 Å². The van der Waals surface area contributed by atoms with Gasteiger partial charge < -0.3 is 5.32 Å². The third-order valence-corrected chi connectivity index (χ3v) is 3.57. The Morgan fingerprint density at radius 2 is 2.17 bits per heavy atom. The molecule has 0 aromatic heterocycles. The lowest BCUT2D eigenvalue weighted by atomic mass is 10.1. The highest BCUT2D eigenvalue weighted by atomic mass is 79.9. The van der Waals surface area contributed by atoms with Gasteiger partial charge in [0, 0.05) is 6.54 Å². The Morgan fingerprint density at radius 1 is 1.58 bits per heavy atom. The zero-order chi connectivity index (χ0) is 9.14. The molecule has 1 aliphatic rings. The van der Waals surface area contributed by atoms with Crippen molar-refractivity contribution in [1.29, 1.82) is 0 Å². The number of amides is 1. The van der Waals surface area contributed by atoms with Gasteiger partial charge in [-0.3, -0.25) is 4.79 Å². The number of carbonyl (C=O) groups is 1. The molecular formula is C9H16BrNO. The molecule has 0 heterocycles. The minimum atomic E-state index is -0.0312. The van der Waals surface area contributed by atoms with E-state index in [9.17, 15) is 4.79 Å². The van der Waals surface area contributed by atoms with Crippen molar-refractivity contribution in [2.45, 2.75) is 31.5 Å². The van der Waals surface area contributed by atoms with E-state index in [0.717, 1.165) is 12.5 Å². The number of nitrogens with one attached hydrogen (secondary N) is 1. The van der Waals surface area contributed by atoms with E-state index in [0.29, 0.717) is 5.92 Å². The summed E-state index contributed by atoms with van der Waals surface area (Å²) in [5.41, 5.74) is 0. The summed E-state index contributed by atoms with van der Waals surface area (Å²) in [6.45, 7) is 4.94. The molecule has 0 aromatic rings. The zero-order valence-corrected chi connectivity index (χ0v) is 9.23. The SMILES string of the molecule is CC(C)C(Br)C(=O)NCC1CC1. The van der Waals surface area contributed by atoms with Crippen LogP contribution in [0.2, 0.25) is 0 Å². The second-order valence-corrected chi connectivity index (χ2v) is 4.82. The summed E-state index contributed by atoms with van der Waals surface area (Å²) in [4.78, 5) is 11.3. The van der Waals surface area contributed by atoms with Gasteiger partial charge in [0.1, 0.15) is 0 Å². The first kappa shape index (κ1) is 10.0. The van der Waals surface area contributed by atoms with Crippen molar-refractivity contribution in [2.75, 3.05) is 6.54 Å². The van der Waals surface area contributed by atoms with Crippen LogP contribution in [0.5, 0.6) is 0 Å². The molecule has 0 aliphatic heterocycles. The lowest BCUT2D eigenvalue weighted by molar-refractivity contribution is -0.121. The second kappa shape index (κ2) is 4.26. The fourth-order valence-corrected chi connectivity index (χ4v) is 1.13. The first-order chi connectivity index (χ1) is 5.61. The van der Waals surface area contributed by atoms with Crippen molar-refractivity contribution in [2.24, 2.45) is 11.8 Å². The number of alkyl halides is 1. The van der Waals surface area contributed by atoms with Crippen LogP contribution in [-0.4, -0.2) is 17.3 Å². The van der Waals surface area contributed by atoms with Crippen molar-refractivity contribution in [3.63, 3.8) is 0 Å². The first-order valence-corrected chi connectivity index (χ1v) is 5.44. The molecule has 3 heteroatoms. The van der Waals surface area contributed by atoms with Gasteiger partial charge in [-0.25, -0.2) is 0 Å². The van der Waals surface area contributed by atoms with Crippen molar-refractivity contribution < 1.29 is 4.79 Å². The van der Waals surface area contributed by atoms with E-state index in [1.807, 2.05) is 13.8 Å². The van der Waals surface area contributed by atoms with Gasteiger partial charge in [0.2, 0.25) is 5.91 Å². The molecule has 1 aliphatic carbocycles. The Balaban J connectivity index is 2.16. The van der Waals surface area contributed by atoms with Crippen LogP contribution in [0.1, 0.15) is 26.7 Å². The Labute approximate surface area is 82.2 Å². The maximum absolute atomic E-state index is 11.4. The van der Waals surface area contributed by atoms with Gasteiger partial charge in [-0.2, -0.15) is 0 Å². The van der Waals surface area contributed by atoms with Crippen LogP contribution in [-0.2, 0) is 4.79 Å². The maximum atomic E-state index is 11.4. The number of carbonyl (C=O) groups excluding carboxylic acids is 1. The van der Waals surface area contributed by atoms with Gasteiger partial charge in [0.15, 0.2) is 0 Å². The van der Waals surface area contributed by atoms with Gasteiger partial charge in [-0.15, -0.1) is 0 Å². The molecular weight excluding hydrogens is 218 g/mol. The molecule has 2 nitrogen and oxygen atoms in total. The fourth-order valence-electron chi connectivity index (χ4n) is 0.967. The molecule has 0 saturated heterocycles. The zero-order valence-electron chi connectivity index (χ0n) is 7.64. The van der Waals surface area contributed by atoms with E-state index in [4.69, 9.17) is 0 Å². The maximum Gasteiger partial charge on any atom is 0.234 e. The summed E-state index contributed by atoms with van der Waals surface area (Å²) in [5, 5.41) is 2.94. The monoisotopic (exact) mass is 233 g/mol. The van der Waals surface area contributed by atoms with Crippen molar-refractivity contribution in [1.82, 2.24) is 5.32 Å². The molecule has 1 rings (SSSR count). The molecule has 1 fully saturated rings. The van der Waals surface area contributed by atoms with Crippen molar-refractivity contribution in [3.8, 4) is 0 Å². The number of halogens is 1. The van der Waals surface area contributed by atoms with E-state index in [2.05, 4.69) is 21.2 Å². The molecule has 1 atom stereocenters. The summed E-state index contributed by atoms with van der Waals surface area (Å²) in [5.74, 6) is 1.27. The van der Waals surface area contributed by atoms with E-state index in [1.54, 1.807) is 0 Å². The molecule has 1 amide bonds. The number of hydrogen-bond donors (Lipinski definition) is 1. The predicted octanol–water partition coefficient (Wildman–Crippen LogP) is 1.93. The summed E-state index contributed by atoms with van der Waals surface area (Å²) in [6.07, 6.45) is 2.57. The highest BCUT2D eigenvalue weighted by Gasteiger charge is 2.24. The van der Waals surface area contributed by atoms with Crippen molar-refractivity contribution in [3.05, 3.63) is 0 Å². The van der Waals surface area contributed by atoms with Gasteiger partial charge in [0.25, 0.3) is 0 Å². The predicted molar refractivity (Wildman–Crippen MR) is 53.3 cm³/mol. The highest BCUT2D eigenvalue weighted by Crippen LogP contribution is 2.27. The Bertz CT molecular complexity index is 166. The van der Waals surface area contributed by atoms with Crippen LogP contribution in [0.25, 0.3) is 0 Å². The fraction of sp³-hybridized carbons (Fsp3) is 0.889. The molecule has 0 radical (unpaired) electrons. The third kappa shape index (κ3) is 3.13. The quantitative estimate of drug-likeness (QED) is 0.740. The summed E-state index contributed by atoms with van der Waals surface area (Å²) in [6, 6.07) is 0. The van der Waals surface area contributed by atoms with Crippen LogP contribution < -0.4 is 5.32 Å². The van der Waals surface area contributed by atoms with Crippen LogP contribution >= 0.6 is 15.9 Å². The Hall–Kier alpha value is -0.0500. The summed E-state index contributed by atoms with van der Waals surface area (Å²) in [7, 11) is 0.